The topological polar surface area (TPSA) is 105 Å². The van der Waals surface area contributed by atoms with Crippen LogP contribution in [0, 0.1) is 0 Å². The average molecular weight is 486 g/mol. The zero-order valence-electron chi connectivity index (χ0n) is 19.4. The predicted octanol–water partition coefficient (Wildman–Crippen LogP) is 3.19. The number of hydrogen-bond donors (Lipinski definition) is 2. The highest BCUT2D eigenvalue weighted by Gasteiger charge is 2.29. The monoisotopic (exact) mass is 485 g/mol. The number of para-hydroxylation sites is 1. The van der Waals surface area contributed by atoms with Crippen LogP contribution < -0.4 is 10.6 Å². The number of benzene rings is 2. The fourth-order valence-corrected chi connectivity index (χ4v) is 6.20. The van der Waals surface area contributed by atoms with E-state index in [0.717, 1.165) is 25.7 Å². The van der Waals surface area contributed by atoms with Crippen molar-refractivity contribution in [3.8, 4) is 0 Å². The number of sulfonamides is 1. The van der Waals surface area contributed by atoms with Crippen LogP contribution in [0.25, 0.3) is 0 Å². The molecule has 0 atom stereocenters. The summed E-state index contributed by atoms with van der Waals surface area (Å²) < 4.78 is 33.3. The SMILES string of the molecule is CCc1ccc(C(=O)Nc2ccccc2C(=O)NC2CCCC2)cc1S(=O)(=O)N1CCOCC1. The Hall–Kier alpha value is -2.75. The first-order valence-corrected chi connectivity index (χ1v) is 13.3. The highest BCUT2D eigenvalue weighted by atomic mass is 32.2. The average Bonchev–Trinajstić information content (AvgIpc) is 3.37. The number of anilines is 1. The van der Waals surface area contributed by atoms with Gasteiger partial charge in [0.25, 0.3) is 11.8 Å². The molecule has 0 radical (unpaired) electrons. The lowest BCUT2D eigenvalue weighted by Crippen LogP contribution is -2.41. The van der Waals surface area contributed by atoms with Gasteiger partial charge in [-0.05, 0) is 49.1 Å². The van der Waals surface area contributed by atoms with Crippen LogP contribution in [0.3, 0.4) is 0 Å². The molecule has 2 aromatic carbocycles. The van der Waals surface area contributed by atoms with E-state index in [4.69, 9.17) is 4.74 Å². The van der Waals surface area contributed by atoms with Crippen LogP contribution in [0.1, 0.15) is 58.9 Å². The molecule has 0 spiro atoms. The Labute approximate surface area is 200 Å². The lowest BCUT2D eigenvalue weighted by molar-refractivity contribution is 0.0730. The molecule has 9 heteroatoms. The second kappa shape index (κ2) is 10.7. The van der Waals surface area contributed by atoms with Crippen molar-refractivity contribution >= 4 is 27.5 Å². The maximum atomic E-state index is 13.3. The lowest BCUT2D eigenvalue weighted by Gasteiger charge is -2.27. The molecule has 1 aliphatic heterocycles. The Kier molecular flexibility index (Phi) is 7.65. The Morgan fingerprint density at radius 2 is 1.74 bits per heavy atom. The third-order valence-electron chi connectivity index (χ3n) is 6.41. The number of rotatable bonds is 7. The van der Waals surface area contributed by atoms with Crippen molar-refractivity contribution in [2.24, 2.45) is 0 Å². The molecule has 0 unspecified atom stereocenters. The highest BCUT2D eigenvalue weighted by Crippen LogP contribution is 2.25. The van der Waals surface area contributed by atoms with Gasteiger partial charge in [-0.25, -0.2) is 8.42 Å². The number of carbonyl (C=O) groups excluding carboxylic acids is 2. The number of nitrogens with one attached hydrogen (secondary N) is 2. The molecule has 2 fully saturated rings. The largest absolute Gasteiger partial charge is 0.379 e. The number of carbonyl (C=O) groups is 2. The van der Waals surface area contributed by atoms with Crippen LogP contribution in [-0.2, 0) is 21.2 Å². The van der Waals surface area contributed by atoms with E-state index in [1.165, 1.54) is 10.4 Å². The molecule has 2 aliphatic rings. The molecular weight excluding hydrogens is 454 g/mol. The Morgan fingerprint density at radius 1 is 1.03 bits per heavy atom. The second-order valence-corrected chi connectivity index (χ2v) is 10.6. The maximum Gasteiger partial charge on any atom is 0.255 e. The van der Waals surface area contributed by atoms with Gasteiger partial charge in [-0.2, -0.15) is 4.31 Å². The summed E-state index contributed by atoms with van der Waals surface area (Å²) in [7, 11) is -3.76. The lowest BCUT2D eigenvalue weighted by atomic mass is 10.1. The maximum absolute atomic E-state index is 13.3. The van der Waals surface area contributed by atoms with Crippen molar-refractivity contribution < 1.29 is 22.7 Å². The van der Waals surface area contributed by atoms with Crippen LogP contribution in [0.2, 0.25) is 0 Å². The van der Waals surface area contributed by atoms with Gasteiger partial charge < -0.3 is 15.4 Å². The van der Waals surface area contributed by atoms with Crippen molar-refractivity contribution in [3.05, 3.63) is 59.2 Å². The number of aryl methyl sites for hydroxylation is 1. The van der Waals surface area contributed by atoms with E-state index < -0.39 is 15.9 Å². The number of amides is 2. The summed E-state index contributed by atoms with van der Waals surface area (Å²) in [6, 6.07) is 11.7. The van der Waals surface area contributed by atoms with Crippen molar-refractivity contribution in [2.75, 3.05) is 31.6 Å². The predicted molar refractivity (Wildman–Crippen MR) is 130 cm³/mol. The first kappa shape index (κ1) is 24.4. The summed E-state index contributed by atoms with van der Waals surface area (Å²) in [5, 5.41) is 5.84. The third kappa shape index (κ3) is 5.32. The van der Waals surface area contributed by atoms with E-state index in [2.05, 4.69) is 10.6 Å². The molecule has 2 N–H and O–H groups in total. The minimum atomic E-state index is -3.76. The number of ether oxygens (including phenoxy) is 1. The summed E-state index contributed by atoms with van der Waals surface area (Å²) in [6.45, 7) is 3.14. The van der Waals surface area contributed by atoms with Crippen molar-refractivity contribution in [3.63, 3.8) is 0 Å². The standard InChI is InChI=1S/C25H31N3O5S/c1-2-18-11-12-19(17-23(18)34(31,32)28-13-15-33-16-14-28)24(29)27-22-10-6-5-9-21(22)25(30)26-20-7-3-4-8-20/h5-6,9-12,17,20H,2-4,7-8,13-16H2,1H3,(H,26,30)(H,27,29). The van der Waals surface area contributed by atoms with Gasteiger partial charge in [0.05, 0.1) is 29.4 Å². The van der Waals surface area contributed by atoms with E-state index in [9.17, 15) is 18.0 Å². The van der Waals surface area contributed by atoms with Crippen molar-refractivity contribution in [1.29, 1.82) is 0 Å². The van der Waals surface area contributed by atoms with Gasteiger partial charge in [-0.15, -0.1) is 0 Å². The number of nitrogens with zero attached hydrogens (tertiary/aromatic N) is 1. The fraction of sp³-hybridized carbons (Fsp3) is 0.440. The molecule has 8 nitrogen and oxygen atoms in total. The zero-order chi connectivity index (χ0) is 24.1. The molecule has 1 aliphatic carbocycles. The molecule has 1 saturated heterocycles. The number of morpholine rings is 1. The zero-order valence-corrected chi connectivity index (χ0v) is 20.2. The molecular formula is C25H31N3O5S. The van der Waals surface area contributed by atoms with Crippen LogP contribution in [0.5, 0.6) is 0 Å². The van der Waals surface area contributed by atoms with Crippen molar-refractivity contribution in [1.82, 2.24) is 9.62 Å². The molecule has 2 amide bonds. The summed E-state index contributed by atoms with van der Waals surface area (Å²) in [6.07, 6.45) is 4.65. The Balaban J connectivity index is 1.57. The van der Waals surface area contributed by atoms with Crippen LogP contribution in [0.4, 0.5) is 5.69 Å². The van der Waals surface area contributed by atoms with Gasteiger partial charge in [-0.1, -0.05) is 38.0 Å². The molecule has 0 bridgehead atoms. The highest BCUT2D eigenvalue weighted by molar-refractivity contribution is 7.89. The van der Waals surface area contributed by atoms with E-state index in [1.54, 1.807) is 36.4 Å². The first-order chi connectivity index (χ1) is 16.4. The second-order valence-electron chi connectivity index (χ2n) is 8.65. The first-order valence-electron chi connectivity index (χ1n) is 11.8. The summed E-state index contributed by atoms with van der Waals surface area (Å²) in [5.74, 6) is -0.693. The van der Waals surface area contributed by atoms with E-state index in [0.29, 0.717) is 36.4 Å². The molecule has 34 heavy (non-hydrogen) atoms. The molecule has 1 saturated carbocycles. The molecule has 182 valence electrons. The molecule has 1 heterocycles. The van der Waals surface area contributed by atoms with E-state index >= 15 is 0 Å². The van der Waals surface area contributed by atoms with Gasteiger partial charge in [0.15, 0.2) is 0 Å². The van der Waals surface area contributed by atoms with Gasteiger partial charge in [0.1, 0.15) is 0 Å². The quantitative estimate of drug-likeness (QED) is 0.627. The van der Waals surface area contributed by atoms with E-state index in [1.807, 2.05) is 6.92 Å². The Bertz CT molecular complexity index is 1150. The summed E-state index contributed by atoms with van der Waals surface area (Å²) >= 11 is 0. The fourth-order valence-electron chi connectivity index (χ4n) is 4.47. The van der Waals surface area contributed by atoms with Gasteiger partial charge >= 0.3 is 0 Å². The molecule has 0 aromatic heterocycles. The minimum absolute atomic E-state index is 0.136. The van der Waals surface area contributed by atoms with Crippen LogP contribution in [-0.4, -0.2) is 56.9 Å². The van der Waals surface area contributed by atoms with Gasteiger partial charge in [-0.3, -0.25) is 9.59 Å². The number of hydrogen-bond acceptors (Lipinski definition) is 5. The molecule has 2 aromatic rings. The third-order valence-corrected chi connectivity index (χ3v) is 8.39. The van der Waals surface area contributed by atoms with Crippen LogP contribution >= 0.6 is 0 Å². The minimum Gasteiger partial charge on any atom is -0.379 e. The van der Waals surface area contributed by atoms with Crippen molar-refractivity contribution in [2.45, 2.75) is 50.0 Å². The van der Waals surface area contributed by atoms with Crippen LogP contribution in [0.15, 0.2) is 47.4 Å². The molecule has 4 rings (SSSR count). The van der Waals surface area contributed by atoms with Gasteiger partial charge in [0.2, 0.25) is 10.0 Å². The smallest absolute Gasteiger partial charge is 0.255 e. The summed E-state index contributed by atoms with van der Waals surface area (Å²) in [4.78, 5) is 26.1. The van der Waals surface area contributed by atoms with E-state index in [-0.39, 0.29) is 35.5 Å². The Morgan fingerprint density at radius 3 is 2.44 bits per heavy atom. The normalized spacial score (nSPS) is 17.4. The summed E-state index contributed by atoms with van der Waals surface area (Å²) in [5.41, 5.74) is 1.64. The van der Waals surface area contributed by atoms with Gasteiger partial charge in [0, 0.05) is 24.7 Å².